The number of likely N-dealkylation sites (N-methyl/N-ethyl adjacent to an activating group) is 1. The molecule has 1 aromatic heterocycles. The number of hydrogen-bond acceptors (Lipinski definition) is 6. The van der Waals surface area contributed by atoms with Crippen LogP contribution in [0.15, 0.2) is 6.33 Å². The van der Waals surface area contributed by atoms with E-state index in [1.165, 1.54) is 11.0 Å². The number of nitrogens with one attached hydrogen (secondary N) is 1. The van der Waals surface area contributed by atoms with Gasteiger partial charge in [0, 0.05) is 13.1 Å². The van der Waals surface area contributed by atoms with Crippen LogP contribution < -0.4 is 11.1 Å². The smallest absolute Gasteiger partial charge is 0.241 e. The van der Waals surface area contributed by atoms with Crippen LogP contribution in [0.25, 0.3) is 0 Å². The van der Waals surface area contributed by atoms with Crippen LogP contribution in [0, 0.1) is 0 Å². The highest BCUT2D eigenvalue weighted by atomic mass is 16.3. The Balaban J connectivity index is 2.37. The van der Waals surface area contributed by atoms with Crippen molar-refractivity contribution in [2.45, 2.75) is 19.1 Å². The van der Waals surface area contributed by atoms with Gasteiger partial charge in [0.1, 0.15) is 12.9 Å². The molecule has 4 N–H and O–H groups in total. The fourth-order valence-corrected chi connectivity index (χ4v) is 1.61. The van der Waals surface area contributed by atoms with Crippen molar-refractivity contribution in [3.8, 4) is 0 Å². The highest BCUT2D eigenvalue weighted by Gasteiger charge is 2.22. The SMILES string of the molecule is CN(C)CC(C)(O)CNC(=O)Cn1cnc(N)n1. The highest BCUT2D eigenvalue weighted by molar-refractivity contribution is 5.75. The topological polar surface area (TPSA) is 109 Å². The fourth-order valence-electron chi connectivity index (χ4n) is 1.61. The Hall–Kier alpha value is -1.67. The standard InChI is InChI=1S/C10H20N6O2/c1-10(18,6-15(2)3)5-12-8(17)4-16-7-13-9(11)14-16/h7,18H,4-6H2,1-3H3,(H2,11,14)(H,12,17). The third kappa shape index (κ3) is 5.11. The van der Waals surface area contributed by atoms with Gasteiger partial charge in [-0.3, -0.25) is 4.79 Å². The Morgan fingerprint density at radius 2 is 2.33 bits per heavy atom. The molecule has 8 nitrogen and oxygen atoms in total. The average molecular weight is 256 g/mol. The van der Waals surface area contributed by atoms with E-state index in [1.54, 1.807) is 6.92 Å². The average Bonchev–Trinajstić information content (AvgIpc) is 2.59. The molecule has 0 fully saturated rings. The zero-order valence-electron chi connectivity index (χ0n) is 10.9. The molecule has 1 atom stereocenters. The van der Waals surface area contributed by atoms with Crippen LogP contribution in [0.2, 0.25) is 0 Å². The largest absolute Gasteiger partial charge is 0.387 e. The molecule has 102 valence electrons. The molecule has 1 aromatic rings. The van der Waals surface area contributed by atoms with E-state index >= 15 is 0 Å². The van der Waals surface area contributed by atoms with Crippen LogP contribution in [0.1, 0.15) is 6.92 Å². The Morgan fingerprint density at radius 3 is 2.83 bits per heavy atom. The molecule has 18 heavy (non-hydrogen) atoms. The van der Waals surface area contributed by atoms with Gasteiger partial charge in [-0.2, -0.15) is 0 Å². The second-order valence-electron chi connectivity index (χ2n) is 4.81. The number of aliphatic hydroxyl groups is 1. The summed E-state index contributed by atoms with van der Waals surface area (Å²) < 4.78 is 1.34. The number of anilines is 1. The predicted molar refractivity (Wildman–Crippen MR) is 66.6 cm³/mol. The van der Waals surface area contributed by atoms with Crippen LogP contribution in [-0.2, 0) is 11.3 Å². The second kappa shape index (κ2) is 5.78. The van der Waals surface area contributed by atoms with Crippen molar-refractivity contribution < 1.29 is 9.90 Å². The number of amides is 1. The Morgan fingerprint density at radius 1 is 1.67 bits per heavy atom. The van der Waals surface area contributed by atoms with Crippen LogP contribution >= 0.6 is 0 Å². The van der Waals surface area contributed by atoms with Gasteiger partial charge in [0.25, 0.3) is 0 Å². The molecule has 0 saturated heterocycles. The third-order valence-electron chi connectivity index (χ3n) is 2.18. The lowest BCUT2D eigenvalue weighted by Gasteiger charge is -2.27. The maximum absolute atomic E-state index is 11.6. The number of nitrogens with zero attached hydrogens (tertiary/aromatic N) is 4. The van der Waals surface area contributed by atoms with Crippen LogP contribution in [0.5, 0.6) is 0 Å². The van der Waals surface area contributed by atoms with Gasteiger partial charge in [0.2, 0.25) is 11.9 Å². The molecule has 0 aliphatic carbocycles. The van der Waals surface area contributed by atoms with Crippen molar-refractivity contribution in [2.75, 3.05) is 32.9 Å². The fraction of sp³-hybridized carbons (Fsp3) is 0.700. The van der Waals surface area contributed by atoms with E-state index in [0.717, 1.165) is 0 Å². The number of carbonyl (C=O) groups is 1. The Labute approximate surface area is 106 Å². The monoisotopic (exact) mass is 256 g/mol. The maximum Gasteiger partial charge on any atom is 0.241 e. The molecule has 0 radical (unpaired) electrons. The van der Waals surface area contributed by atoms with Gasteiger partial charge >= 0.3 is 0 Å². The van der Waals surface area contributed by atoms with Crippen LogP contribution in [0.3, 0.4) is 0 Å². The number of rotatable bonds is 6. The Bertz CT molecular complexity index is 401. The summed E-state index contributed by atoms with van der Waals surface area (Å²) in [5.74, 6) is -0.124. The van der Waals surface area contributed by atoms with E-state index in [2.05, 4.69) is 15.4 Å². The van der Waals surface area contributed by atoms with Crippen molar-refractivity contribution in [1.82, 2.24) is 25.0 Å². The third-order valence-corrected chi connectivity index (χ3v) is 2.18. The number of nitrogens with two attached hydrogens (primary N) is 1. The normalized spacial score (nSPS) is 14.5. The molecule has 8 heteroatoms. The first-order valence-corrected chi connectivity index (χ1v) is 5.57. The van der Waals surface area contributed by atoms with Crippen LogP contribution in [-0.4, -0.2) is 63.5 Å². The molecule has 0 aromatic carbocycles. The van der Waals surface area contributed by atoms with Gasteiger partial charge in [0.15, 0.2) is 0 Å². The van der Waals surface area contributed by atoms with Gasteiger partial charge in [0.05, 0.1) is 5.60 Å². The van der Waals surface area contributed by atoms with E-state index in [-0.39, 0.29) is 24.9 Å². The lowest BCUT2D eigenvalue weighted by atomic mass is 10.1. The maximum atomic E-state index is 11.6. The first kappa shape index (κ1) is 14.4. The minimum atomic E-state index is -0.972. The molecule has 1 unspecified atom stereocenters. The van der Waals surface area contributed by atoms with E-state index in [4.69, 9.17) is 5.73 Å². The van der Waals surface area contributed by atoms with Crippen molar-refractivity contribution >= 4 is 11.9 Å². The molecular weight excluding hydrogens is 236 g/mol. The molecule has 0 aliphatic heterocycles. The van der Waals surface area contributed by atoms with E-state index < -0.39 is 5.60 Å². The molecule has 1 amide bonds. The summed E-state index contributed by atoms with van der Waals surface area (Å²) >= 11 is 0. The summed E-state index contributed by atoms with van der Waals surface area (Å²) in [5, 5.41) is 16.4. The molecule has 1 heterocycles. The van der Waals surface area contributed by atoms with E-state index in [9.17, 15) is 9.90 Å². The highest BCUT2D eigenvalue weighted by Crippen LogP contribution is 2.02. The molecule has 0 bridgehead atoms. The minimum Gasteiger partial charge on any atom is -0.387 e. The number of hydrogen-bond donors (Lipinski definition) is 3. The predicted octanol–water partition coefficient (Wildman–Crippen LogP) is -1.71. The van der Waals surface area contributed by atoms with Gasteiger partial charge in [-0.15, -0.1) is 5.10 Å². The summed E-state index contributed by atoms with van der Waals surface area (Å²) in [4.78, 5) is 17.2. The minimum absolute atomic E-state index is 0.0300. The number of nitrogen functional groups attached to an aromatic ring is 1. The zero-order chi connectivity index (χ0) is 13.8. The van der Waals surface area contributed by atoms with Crippen molar-refractivity contribution in [3.63, 3.8) is 0 Å². The molecule has 0 aliphatic rings. The summed E-state index contributed by atoms with van der Waals surface area (Å²) in [7, 11) is 3.71. The molecule has 1 rings (SSSR count). The zero-order valence-corrected chi connectivity index (χ0v) is 10.9. The van der Waals surface area contributed by atoms with Gasteiger partial charge in [-0.05, 0) is 21.0 Å². The summed E-state index contributed by atoms with van der Waals surface area (Å²) in [5.41, 5.74) is 4.36. The first-order valence-electron chi connectivity index (χ1n) is 5.57. The quantitative estimate of drug-likeness (QED) is 0.559. The molecular formula is C10H20N6O2. The van der Waals surface area contributed by atoms with Gasteiger partial charge in [-0.25, -0.2) is 9.67 Å². The second-order valence-corrected chi connectivity index (χ2v) is 4.81. The van der Waals surface area contributed by atoms with E-state index in [0.29, 0.717) is 6.54 Å². The number of aromatic nitrogens is 3. The van der Waals surface area contributed by atoms with Crippen LogP contribution in [0.4, 0.5) is 5.95 Å². The summed E-state index contributed by atoms with van der Waals surface area (Å²) in [6, 6.07) is 0. The van der Waals surface area contributed by atoms with Gasteiger partial charge in [-0.1, -0.05) is 0 Å². The lowest BCUT2D eigenvalue weighted by Crippen LogP contribution is -2.47. The van der Waals surface area contributed by atoms with E-state index in [1.807, 2.05) is 19.0 Å². The first-order chi connectivity index (χ1) is 8.28. The molecule has 0 spiro atoms. The van der Waals surface area contributed by atoms with Crippen molar-refractivity contribution in [2.24, 2.45) is 0 Å². The lowest BCUT2D eigenvalue weighted by molar-refractivity contribution is -0.123. The number of carbonyl (C=O) groups excluding carboxylic acids is 1. The van der Waals surface area contributed by atoms with Gasteiger partial charge < -0.3 is 21.1 Å². The summed E-state index contributed by atoms with van der Waals surface area (Å²) in [6.45, 7) is 2.33. The summed E-state index contributed by atoms with van der Waals surface area (Å²) in [6.07, 6.45) is 1.38. The Kier molecular flexibility index (Phi) is 4.62. The van der Waals surface area contributed by atoms with Crippen molar-refractivity contribution in [1.29, 1.82) is 0 Å². The molecule has 0 saturated carbocycles. The van der Waals surface area contributed by atoms with Crippen molar-refractivity contribution in [3.05, 3.63) is 6.33 Å².